The van der Waals surface area contributed by atoms with Crippen molar-refractivity contribution < 1.29 is 9.00 Å². The van der Waals surface area contributed by atoms with Gasteiger partial charge in [0.25, 0.3) is 0 Å². The highest BCUT2D eigenvalue weighted by atomic mass is 32.2. The second-order valence-corrected chi connectivity index (χ2v) is 4.99. The van der Waals surface area contributed by atoms with Crippen LogP contribution in [0.1, 0.15) is 20.3 Å². The van der Waals surface area contributed by atoms with Crippen molar-refractivity contribution in [3.8, 4) is 0 Å². The predicted molar refractivity (Wildman–Crippen MR) is 44.5 cm³/mol. The maximum absolute atomic E-state index is 11.4. The highest BCUT2D eigenvalue weighted by Crippen LogP contribution is 2.10. The van der Waals surface area contributed by atoms with Crippen LogP contribution in [0.5, 0.6) is 0 Å². The topological polar surface area (TPSA) is 37.4 Å². The number of ketones is 1. The zero-order valence-electron chi connectivity index (χ0n) is 6.87. The molecule has 3 nitrogen and oxygen atoms in total. The number of carbonyl (C=O) groups excluding carboxylic acids is 1. The molecule has 0 spiro atoms. The van der Waals surface area contributed by atoms with Crippen LogP contribution in [0.25, 0.3) is 0 Å². The second-order valence-electron chi connectivity index (χ2n) is 2.98. The zero-order valence-corrected chi connectivity index (χ0v) is 7.69. The van der Waals surface area contributed by atoms with Crippen LogP contribution in [0.4, 0.5) is 0 Å². The first-order chi connectivity index (χ1) is 5.11. The van der Waals surface area contributed by atoms with Crippen LogP contribution in [0, 0.1) is 0 Å². The van der Waals surface area contributed by atoms with Gasteiger partial charge in [0.2, 0.25) is 0 Å². The number of carbonyl (C=O) groups is 1. The fourth-order valence-corrected chi connectivity index (χ4v) is 2.19. The summed E-state index contributed by atoms with van der Waals surface area (Å²) in [6.07, 6.45) is 0.568. The van der Waals surface area contributed by atoms with E-state index in [1.54, 1.807) is 4.31 Å². The summed E-state index contributed by atoms with van der Waals surface area (Å²) in [4.78, 5) is 10.8. The van der Waals surface area contributed by atoms with Gasteiger partial charge < -0.3 is 0 Å². The number of hydrogen-bond acceptors (Lipinski definition) is 2. The van der Waals surface area contributed by atoms with Gasteiger partial charge in [-0.3, -0.25) is 4.79 Å². The Morgan fingerprint density at radius 2 is 2.18 bits per heavy atom. The molecule has 4 heteroatoms. The van der Waals surface area contributed by atoms with Crippen LogP contribution in [0.2, 0.25) is 0 Å². The van der Waals surface area contributed by atoms with E-state index in [2.05, 4.69) is 0 Å². The van der Waals surface area contributed by atoms with E-state index in [4.69, 9.17) is 0 Å². The molecule has 0 bridgehead atoms. The van der Waals surface area contributed by atoms with Crippen LogP contribution in [0.15, 0.2) is 0 Å². The molecule has 0 amide bonds. The summed E-state index contributed by atoms with van der Waals surface area (Å²) >= 11 is 0. The van der Waals surface area contributed by atoms with E-state index in [0.29, 0.717) is 19.5 Å². The van der Waals surface area contributed by atoms with Crippen molar-refractivity contribution in [1.29, 1.82) is 0 Å². The Kier molecular flexibility index (Phi) is 2.78. The quantitative estimate of drug-likeness (QED) is 0.606. The van der Waals surface area contributed by atoms with Crippen molar-refractivity contribution in [2.75, 3.05) is 13.1 Å². The Balaban J connectivity index is 2.50. The van der Waals surface area contributed by atoms with Crippen molar-refractivity contribution in [3.05, 3.63) is 0 Å². The Hall–Kier alpha value is -0.220. The third kappa shape index (κ3) is 2.10. The van der Waals surface area contributed by atoms with E-state index in [1.807, 2.05) is 13.8 Å². The lowest BCUT2D eigenvalue weighted by molar-refractivity contribution is -0.116. The molecule has 0 aromatic heterocycles. The SMILES string of the molecule is CC(C)S(=O)N1CCC(=O)C1. The molecule has 1 rings (SSSR count). The lowest BCUT2D eigenvalue weighted by Crippen LogP contribution is -2.28. The minimum Gasteiger partial charge on any atom is -0.298 e. The monoisotopic (exact) mass is 175 g/mol. The molecule has 0 aromatic carbocycles. The van der Waals surface area contributed by atoms with Gasteiger partial charge in [-0.15, -0.1) is 0 Å². The van der Waals surface area contributed by atoms with Gasteiger partial charge in [-0.05, 0) is 13.8 Å². The summed E-state index contributed by atoms with van der Waals surface area (Å²) in [5.74, 6) is 0.207. The summed E-state index contributed by atoms with van der Waals surface area (Å²) in [6, 6.07) is 0. The Morgan fingerprint density at radius 3 is 2.55 bits per heavy atom. The van der Waals surface area contributed by atoms with Crippen LogP contribution < -0.4 is 0 Å². The summed E-state index contributed by atoms with van der Waals surface area (Å²) < 4.78 is 13.1. The van der Waals surface area contributed by atoms with Gasteiger partial charge >= 0.3 is 0 Å². The zero-order chi connectivity index (χ0) is 8.43. The fraction of sp³-hybridized carbons (Fsp3) is 0.857. The highest BCUT2D eigenvalue weighted by molar-refractivity contribution is 7.83. The molecule has 0 radical (unpaired) electrons. The number of hydrogen-bond donors (Lipinski definition) is 0. The van der Waals surface area contributed by atoms with Gasteiger partial charge in [0.15, 0.2) is 0 Å². The minimum atomic E-state index is -0.955. The van der Waals surface area contributed by atoms with Crippen molar-refractivity contribution in [1.82, 2.24) is 4.31 Å². The molecule has 1 heterocycles. The molecule has 1 unspecified atom stereocenters. The van der Waals surface area contributed by atoms with Crippen LogP contribution in [0.3, 0.4) is 0 Å². The molecule has 1 saturated heterocycles. The average molecular weight is 175 g/mol. The standard InChI is InChI=1S/C7H13NO2S/c1-6(2)11(10)8-4-3-7(9)5-8/h6H,3-5H2,1-2H3. The third-order valence-corrected chi connectivity index (χ3v) is 3.28. The smallest absolute Gasteiger partial charge is 0.149 e. The van der Waals surface area contributed by atoms with Crippen molar-refractivity contribution in [2.45, 2.75) is 25.5 Å². The Morgan fingerprint density at radius 1 is 1.55 bits per heavy atom. The molecule has 11 heavy (non-hydrogen) atoms. The normalized spacial score (nSPS) is 23.0. The van der Waals surface area contributed by atoms with E-state index in [9.17, 15) is 9.00 Å². The Bertz CT molecular complexity index is 191. The van der Waals surface area contributed by atoms with Crippen molar-refractivity contribution in [2.24, 2.45) is 0 Å². The van der Waals surface area contributed by atoms with E-state index in [1.165, 1.54) is 0 Å². The van der Waals surface area contributed by atoms with E-state index in [-0.39, 0.29) is 11.0 Å². The lowest BCUT2D eigenvalue weighted by Gasteiger charge is -2.14. The van der Waals surface area contributed by atoms with Crippen molar-refractivity contribution >= 4 is 16.8 Å². The number of rotatable bonds is 2. The molecule has 1 atom stereocenters. The maximum Gasteiger partial charge on any atom is 0.149 e. The lowest BCUT2D eigenvalue weighted by atomic mass is 10.4. The van der Waals surface area contributed by atoms with Crippen molar-refractivity contribution in [3.63, 3.8) is 0 Å². The first-order valence-electron chi connectivity index (χ1n) is 3.78. The molecule has 1 fully saturated rings. The largest absolute Gasteiger partial charge is 0.298 e. The average Bonchev–Trinajstić information content (AvgIpc) is 2.34. The van der Waals surface area contributed by atoms with Crippen LogP contribution >= 0.6 is 0 Å². The second kappa shape index (κ2) is 3.45. The van der Waals surface area contributed by atoms with Crippen LogP contribution in [-0.2, 0) is 15.8 Å². The first kappa shape index (κ1) is 8.87. The summed E-state index contributed by atoms with van der Waals surface area (Å²) in [7, 11) is -0.955. The number of Topliss-reactive ketones (excluding diaryl/α,β-unsaturated/α-hetero) is 1. The van der Waals surface area contributed by atoms with Gasteiger partial charge in [-0.2, -0.15) is 0 Å². The molecule has 0 N–H and O–H groups in total. The molecule has 64 valence electrons. The van der Waals surface area contributed by atoms with Gasteiger partial charge in [0.1, 0.15) is 5.78 Å². The van der Waals surface area contributed by atoms with Gasteiger partial charge in [-0.1, -0.05) is 0 Å². The van der Waals surface area contributed by atoms with E-state index in [0.717, 1.165) is 0 Å². The highest BCUT2D eigenvalue weighted by Gasteiger charge is 2.25. The molecule has 1 aliphatic heterocycles. The van der Waals surface area contributed by atoms with E-state index < -0.39 is 11.0 Å². The molecule has 0 aromatic rings. The Labute approximate surface area is 69.4 Å². The third-order valence-electron chi connectivity index (χ3n) is 1.65. The maximum atomic E-state index is 11.4. The van der Waals surface area contributed by atoms with Gasteiger partial charge in [0.05, 0.1) is 17.5 Å². The molecular formula is C7H13NO2S. The molecule has 0 saturated carbocycles. The summed E-state index contributed by atoms with van der Waals surface area (Å²) in [5, 5.41) is 0.126. The molecule has 1 aliphatic rings. The summed E-state index contributed by atoms with van der Waals surface area (Å²) in [5.41, 5.74) is 0. The van der Waals surface area contributed by atoms with Gasteiger partial charge in [0, 0.05) is 18.2 Å². The first-order valence-corrected chi connectivity index (χ1v) is 4.95. The number of nitrogens with zero attached hydrogens (tertiary/aromatic N) is 1. The fourth-order valence-electron chi connectivity index (χ4n) is 1.06. The molecular weight excluding hydrogens is 162 g/mol. The van der Waals surface area contributed by atoms with Gasteiger partial charge in [-0.25, -0.2) is 8.51 Å². The van der Waals surface area contributed by atoms with Crippen LogP contribution in [-0.4, -0.2) is 32.6 Å². The predicted octanol–water partition coefficient (Wildman–Crippen LogP) is 0.333. The minimum absolute atomic E-state index is 0.126. The molecule has 0 aliphatic carbocycles. The van der Waals surface area contributed by atoms with E-state index >= 15 is 0 Å². The summed E-state index contributed by atoms with van der Waals surface area (Å²) in [6.45, 7) is 4.85.